The van der Waals surface area contributed by atoms with Gasteiger partial charge in [0.05, 0.1) is 5.69 Å². The van der Waals surface area contributed by atoms with Crippen molar-refractivity contribution in [1.29, 1.82) is 0 Å². The van der Waals surface area contributed by atoms with Gasteiger partial charge in [0.15, 0.2) is 5.56 Å². The van der Waals surface area contributed by atoms with Crippen LogP contribution in [0.3, 0.4) is 0 Å². The maximum atomic E-state index is 12.1. The fourth-order valence-electron chi connectivity index (χ4n) is 3.26. The molecule has 4 N–H and O–H groups in total. The quantitative estimate of drug-likeness (QED) is 0.517. The minimum absolute atomic E-state index is 0. The molecule has 0 aliphatic rings. The molecule has 1 aromatic carbocycles. The number of hydrogen-bond acceptors (Lipinski definition) is 4. The molecule has 29 heavy (non-hydrogen) atoms. The first-order valence-corrected chi connectivity index (χ1v) is 9.02. The first kappa shape index (κ1) is 22.5. The standard InChI is InChI=1S/C21H25N3O4.ClH/c1-11-17(23-19(26)16(18(11)25)20(27)28)12-6-7-15-13(8-12)9-14(24(15)5)10-22-21(2,3)4;/h6-9,22H,10H2,1-5H3,(H,27,28)(H2,23,25,26);1H. The highest BCUT2D eigenvalue weighted by Gasteiger charge is 2.21. The minimum Gasteiger partial charge on any atom is -0.506 e. The molecule has 0 spiro atoms. The Kier molecular flexibility index (Phi) is 6.15. The normalized spacial score (nSPS) is 11.5. The van der Waals surface area contributed by atoms with Crippen molar-refractivity contribution in [3.05, 3.63) is 51.4 Å². The fraction of sp³-hybridized carbons (Fsp3) is 0.333. The van der Waals surface area contributed by atoms with Crippen molar-refractivity contribution < 1.29 is 15.0 Å². The summed E-state index contributed by atoms with van der Waals surface area (Å²) >= 11 is 0. The number of fused-ring (bicyclic) bond motifs is 1. The van der Waals surface area contributed by atoms with E-state index in [-0.39, 0.29) is 17.9 Å². The molecule has 7 nitrogen and oxygen atoms in total. The number of carboxylic acids is 1. The maximum Gasteiger partial charge on any atom is 0.345 e. The number of halogens is 1. The van der Waals surface area contributed by atoms with E-state index in [0.717, 1.165) is 16.6 Å². The smallest absolute Gasteiger partial charge is 0.345 e. The number of aromatic hydroxyl groups is 1. The zero-order chi connectivity index (χ0) is 20.8. The monoisotopic (exact) mass is 419 g/mol. The number of aromatic amines is 1. The number of aryl methyl sites for hydroxylation is 1. The summed E-state index contributed by atoms with van der Waals surface area (Å²) in [6.07, 6.45) is 0. The number of nitrogens with one attached hydrogen (secondary N) is 2. The van der Waals surface area contributed by atoms with E-state index in [4.69, 9.17) is 5.11 Å². The lowest BCUT2D eigenvalue weighted by molar-refractivity contribution is 0.0691. The molecular weight excluding hydrogens is 394 g/mol. The van der Waals surface area contributed by atoms with Gasteiger partial charge in [0.25, 0.3) is 5.56 Å². The second-order valence-corrected chi connectivity index (χ2v) is 8.05. The van der Waals surface area contributed by atoms with Gasteiger partial charge in [-0.1, -0.05) is 6.07 Å². The van der Waals surface area contributed by atoms with Crippen LogP contribution in [0.25, 0.3) is 22.2 Å². The van der Waals surface area contributed by atoms with Crippen molar-refractivity contribution in [1.82, 2.24) is 14.9 Å². The number of rotatable bonds is 4. The highest BCUT2D eigenvalue weighted by molar-refractivity contribution is 5.92. The molecule has 8 heteroatoms. The summed E-state index contributed by atoms with van der Waals surface area (Å²) < 4.78 is 2.11. The van der Waals surface area contributed by atoms with Gasteiger partial charge in [0.1, 0.15) is 5.75 Å². The number of carbonyl (C=O) groups is 1. The topological polar surface area (TPSA) is 107 Å². The van der Waals surface area contributed by atoms with Gasteiger partial charge in [0, 0.05) is 41.3 Å². The van der Waals surface area contributed by atoms with Crippen LogP contribution in [0, 0.1) is 6.92 Å². The van der Waals surface area contributed by atoms with E-state index in [2.05, 4.69) is 41.7 Å². The van der Waals surface area contributed by atoms with E-state index in [0.29, 0.717) is 23.4 Å². The average Bonchev–Trinajstić information content (AvgIpc) is 2.91. The van der Waals surface area contributed by atoms with Crippen LogP contribution >= 0.6 is 12.4 Å². The molecule has 3 aromatic rings. The third-order valence-electron chi connectivity index (χ3n) is 4.88. The lowest BCUT2D eigenvalue weighted by Crippen LogP contribution is -2.35. The Morgan fingerprint density at radius 2 is 1.90 bits per heavy atom. The van der Waals surface area contributed by atoms with Gasteiger partial charge in [-0.2, -0.15) is 0 Å². The summed E-state index contributed by atoms with van der Waals surface area (Å²) in [6, 6.07) is 7.80. The molecule has 0 aliphatic heterocycles. The highest BCUT2D eigenvalue weighted by atomic mass is 35.5. The van der Waals surface area contributed by atoms with Crippen LogP contribution in [-0.4, -0.2) is 31.3 Å². The molecule has 0 amide bonds. The van der Waals surface area contributed by atoms with E-state index in [1.807, 2.05) is 25.2 Å². The zero-order valence-corrected chi connectivity index (χ0v) is 17.9. The molecule has 0 fully saturated rings. The van der Waals surface area contributed by atoms with E-state index in [1.165, 1.54) is 0 Å². The second-order valence-electron chi connectivity index (χ2n) is 8.05. The lowest BCUT2D eigenvalue weighted by atomic mass is 10.0. The van der Waals surface area contributed by atoms with Crippen LogP contribution in [0.1, 0.15) is 42.4 Å². The summed E-state index contributed by atoms with van der Waals surface area (Å²) in [5.74, 6) is -1.96. The molecule has 156 valence electrons. The summed E-state index contributed by atoms with van der Waals surface area (Å²) in [5, 5.41) is 23.8. The average molecular weight is 420 g/mol. The van der Waals surface area contributed by atoms with E-state index >= 15 is 0 Å². The van der Waals surface area contributed by atoms with Crippen LogP contribution < -0.4 is 10.9 Å². The van der Waals surface area contributed by atoms with Crippen molar-refractivity contribution >= 4 is 29.3 Å². The first-order chi connectivity index (χ1) is 13.0. The molecule has 3 rings (SSSR count). The molecule has 0 saturated heterocycles. The summed E-state index contributed by atoms with van der Waals surface area (Å²) in [6.45, 7) is 8.63. The lowest BCUT2D eigenvalue weighted by Gasteiger charge is -2.20. The van der Waals surface area contributed by atoms with Gasteiger partial charge >= 0.3 is 5.97 Å². The van der Waals surface area contributed by atoms with Crippen LogP contribution in [0.5, 0.6) is 5.75 Å². The Morgan fingerprint density at radius 3 is 2.48 bits per heavy atom. The summed E-state index contributed by atoms with van der Waals surface area (Å²) in [4.78, 5) is 25.9. The Bertz CT molecular complexity index is 1140. The Balaban J connectivity index is 0.00000300. The molecule has 2 aromatic heterocycles. The number of benzene rings is 1. The second kappa shape index (κ2) is 7.93. The predicted molar refractivity (Wildman–Crippen MR) is 116 cm³/mol. The number of H-pyrrole nitrogens is 1. The summed E-state index contributed by atoms with van der Waals surface area (Å²) in [5.41, 5.74) is 2.13. The molecular formula is C21H26ClN3O4. The number of pyridine rings is 1. The van der Waals surface area contributed by atoms with Crippen LogP contribution in [-0.2, 0) is 13.6 Å². The van der Waals surface area contributed by atoms with Crippen molar-refractivity contribution in [3.8, 4) is 17.0 Å². The number of carboxylic acid groups (broad SMARTS) is 1. The molecule has 0 atom stereocenters. The highest BCUT2D eigenvalue weighted by Crippen LogP contribution is 2.31. The van der Waals surface area contributed by atoms with Crippen molar-refractivity contribution in [2.24, 2.45) is 7.05 Å². The van der Waals surface area contributed by atoms with Gasteiger partial charge in [-0.3, -0.25) is 4.79 Å². The third-order valence-corrected chi connectivity index (χ3v) is 4.88. The van der Waals surface area contributed by atoms with E-state index < -0.39 is 22.8 Å². The van der Waals surface area contributed by atoms with Gasteiger partial charge < -0.3 is 25.1 Å². The summed E-state index contributed by atoms with van der Waals surface area (Å²) in [7, 11) is 2.00. The molecule has 2 heterocycles. The zero-order valence-electron chi connectivity index (χ0n) is 17.1. The van der Waals surface area contributed by atoms with Crippen LogP contribution in [0.15, 0.2) is 29.1 Å². The van der Waals surface area contributed by atoms with Crippen LogP contribution in [0.2, 0.25) is 0 Å². The molecule has 0 unspecified atom stereocenters. The van der Waals surface area contributed by atoms with Crippen molar-refractivity contribution in [2.75, 3.05) is 0 Å². The molecule has 0 radical (unpaired) electrons. The molecule has 0 bridgehead atoms. The van der Waals surface area contributed by atoms with Crippen molar-refractivity contribution in [3.63, 3.8) is 0 Å². The van der Waals surface area contributed by atoms with Gasteiger partial charge in [-0.05, 0) is 51.5 Å². The van der Waals surface area contributed by atoms with E-state index in [9.17, 15) is 14.7 Å². The Labute approximate surface area is 174 Å². The predicted octanol–water partition coefficient (Wildman–Crippen LogP) is 3.56. The Hall–Kier alpha value is -2.77. The molecule has 0 saturated carbocycles. The Morgan fingerprint density at radius 1 is 1.24 bits per heavy atom. The maximum absolute atomic E-state index is 12.1. The third kappa shape index (κ3) is 4.31. The largest absolute Gasteiger partial charge is 0.506 e. The van der Waals surface area contributed by atoms with Crippen LogP contribution in [0.4, 0.5) is 0 Å². The van der Waals surface area contributed by atoms with Crippen molar-refractivity contribution in [2.45, 2.75) is 39.8 Å². The number of aromatic nitrogens is 2. The van der Waals surface area contributed by atoms with Gasteiger partial charge in [-0.15, -0.1) is 12.4 Å². The first-order valence-electron chi connectivity index (χ1n) is 9.02. The molecule has 0 aliphatic carbocycles. The fourth-order valence-corrected chi connectivity index (χ4v) is 3.26. The van der Waals surface area contributed by atoms with Gasteiger partial charge in [0.2, 0.25) is 0 Å². The number of aromatic carboxylic acids is 1. The number of nitrogens with zero attached hydrogens (tertiary/aromatic N) is 1. The van der Waals surface area contributed by atoms with Gasteiger partial charge in [-0.25, -0.2) is 4.79 Å². The minimum atomic E-state index is -1.46. The van der Waals surface area contributed by atoms with E-state index in [1.54, 1.807) is 6.92 Å². The number of hydrogen-bond donors (Lipinski definition) is 4. The SMILES string of the molecule is Cc1c(-c2ccc3c(c2)cc(CNC(C)(C)C)n3C)[nH]c(=O)c(C(=O)O)c1O.Cl.